The number of allylic oxidation sites excluding steroid dienone is 2. The van der Waals surface area contributed by atoms with Gasteiger partial charge in [0.15, 0.2) is 5.78 Å². The lowest BCUT2D eigenvalue weighted by Crippen LogP contribution is -2.54. The fraction of sp³-hybridized carbons (Fsp3) is 0.762. The maximum atomic E-state index is 11.9. The maximum absolute atomic E-state index is 11.9. The molecule has 0 radical (unpaired) electrons. The lowest BCUT2D eigenvalue weighted by Gasteiger charge is -2.58. The third kappa shape index (κ3) is 1.94. The Balaban J connectivity index is 1.72. The van der Waals surface area contributed by atoms with Gasteiger partial charge in [0.05, 0.1) is 6.10 Å². The molecular weight excluding hydrogens is 284 g/mol. The number of carbonyl (C=O) groups is 1. The van der Waals surface area contributed by atoms with Crippen LogP contribution < -0.4 is 0 Å². The Hall–Kier alpha value is -0.890. The molecule has 3 fully saturated rings. The first-order valence-corrected chi connectivity index (χ1v) is 9.49. The topological polar surface area (TPSA) is 37.3 Å². The first-order chi connectivity index (χ1) is 10.9. The van der Waals surface area contributed by atoms with E-state index < -0.39 is 6.10 Å². The van der Waals surface area contributed by atoms with Crippen molar-refractivity contribution >= 4 is 5.78 Å². The number of ketones is 1. The first-order valence-electron chi connectivity index (χ1n) is 9.49. The summed E-state index contributed by atoms with van der Waals surface area (Å²) in [7, 11) is 0. The van der Waals surface area contributed by atoms with E-state index in [1.165, 1.54) is 37.7 Å². The quantitative estimate of drug-likeness (QED) is 0.671. The van der Waals surface area contributed by atoms with E-state index in [-0.39, 0.29) is 11.2 Å². The number of carbonyl (C=O) groups excluding carboxylic acids is 1. The van der Waals surface area contributed by atoms with Gasteiger partial charge >= 0.3 is 0 Å². The van der Waals surface area contributed by atoms with Gasteiger partial charge < -0.3 is 5.11 Å². The summed E-state index contributed by atoms with van der Waals surface area (Å²) < 4.78 is 0. The number of aliphatic hydroxyl groups is 1. The fourth-order valence-electron chi connectivity index (χ4n) is 6.93. The molecule has 1 N–H and O–H groups in total. The van der Waals surface area contributed by atoms with Crippen LogP contribution in [0.2, 0.25) is 0 Å². The van der Waals surface area contributed by atoms with Crippen LogP contribution in [-0.2, 0) is 4.79 Å². The van der Waals surface area contributed by atoms with E-state index in [4.69, 9.17) is 0 Å². The average molecular weight is 314 g/mol. The van der Waals surface area contributed by atoms with E-state index in [0.29, 0.717) is 17.8 Å². The summed E-state index contributed by atoms with van der Waals surface area (Å²) in [5.41, 5.74) is 3.15. The molecule has 2 nitrogen and oxygen atoms in total. The zero-order valence-corrected chi connectivity index (χ0v) is 14.8. The van der Waals surface area contributed by atoms with Gasteiger partial charge in [-0.3, -0.25) is 4.79 Å². The lowest BCUT2D eigenvalue weighted by molar-refractivity contribution is -0.125. The molecular formula is C21H30O2. The Morgan fingerprint density at radius 1 is 1.17 bits per heavy atom. The standard InChI is InChI=1S/C21H30O2/c1-4-13-6-8-17-16-7-5-14-11-15(22)12-19(23)21(14,3)18(16)9-10-20(13,17)2/h4,11,16-19,23H,5-10,12H2,1-3H3/b13-4+/t16-,17-,18-,19?,20+,21-/m0/s1. The third-order valence-electron chi connectivity index (χ3n) is 8.26. The number of fused-ring (bicyclic) bond motifs is 5. The lowest BCUT2D eigenvalue weighted by atomic mass is 9.46. The second-order valence-electron chi connectivity index (χ2n) is 8.86. The van der Waals surface area contributed by atoms with Crippen molar-refractivity contribution in [1.82, 2.24) is 0 Å². The molecule has 0 spiro atoms. The Morgan fingerprint density at radius 3 is 2.70 bits per heavy atom. The van der Waals surface area contributed by atoms with Gasteiger partial charge in [0, 0.05) is 11.8 Å². The highest BCUT2D eigenvalue weighted by Crippen LogP contribution is 2.66. The SMILES string of the molecule is C/C=C1\CC[C@H]2[C@@H]3CCC4=CC(=O)CC(O)[C@]4(C)[C@H]3CC[C@]12C. The number of rotatable bonds is 0. The maximum Gasteiger partial charge on any atom is 0.158 e. The molecule has 0 aliphatic heterocycles. The van der Waals surface area contributed by atoms with Crippen LogP contribution in [0.15, 0.2) is 23.3 Å². The van der Waals surface area contributed by atoms with Crippen molar-refractivity contribution in [2.75, 3.05) is 0 Å². The zero-order chi connectivity index (χ0) is 16.4. The van der Waals surface area contributed by atoms with Gasteiger partial charge in [0.2, 0.25) is 0 Å². The molecule has 4 aliphatic rings. The minimum absolute atomic E-state index is 0.126. The largest absolute Gasteiger partial charge is 0.392 e. The van der Waals surface area contributed by atoms with Crippen molar-refractivity contribution in [2.45, 2.75) is 71.8 Å². The van der Waals surface area contributed by atoms with Crippen LogP contribution in [-0.4, -0.2) is 17.0 Å². The minimum Gasteiger partial charge on any atom is -0.392 e. The molecule has 126 valence electrons. The van der Waals surface area contributed by atoms with E-state index in [2.05, 4.69) is 26.8 Å². The molecule has 3 saturated carbocycles. The summed E-state index contributed by atoms with van der Waals surface area (Å²) in [6.45, 7) is 6.94. The summed E-state index contributed by atoms with van der Waals surface area (Å²) >= 11 is 0. The Labute approximate surface area is 140 Å². The van der Waals surface area contributed by atoms with Crippen LogP contribution in [0.25, 0.3) is 0 Å². The predicted molar refractivity (Wildman–Crippen MR) is 91.9 cm³/mol. The summed E-state index contributed by atoms with van der Waals surface area (Å²) in [6, 6.07) is 0. The molecule has 0 saturated heterocycles. The van der Waals surface area contributed by atoms with Crippen molar-refractivity contribution in [3.05, 3.63) is 23.3 Å². The second-order valence-corrected chi connectivity index (χ2v) is 8.86. The highest BCUT2D eigenvalue weighted by molar-refractivity contribution is 5.92. The highest BCUT2D eigenvalue weighted by atomic mass is 16.3. The number of hydrogen-bond donors (Lipinski definition) is 1. The summed E-state index contributed by atoms with van der Waals surface area (Å²) in [4.78, 5) is 11.9. The summed E-state index contributed by atoms with van der Waals surface area (Å²) in [6.07, 6.45) is 11.4. The fourth-order valence-corrected chi connectivity index (χ4v) is 6.93. The van der Waals surface area contributed by atoms with Crippen molar-refractivity contribution in [1.29, 1.82) is 0 Å². The van der Waals surface area contributed by atoms with Gasteiger partial charge in [-0.15, -0.1) is 0 Å². The molecule has 23 heavy (non-hydrogen) atoms. The predicted octanol–water partition coefficient (Wildman–Crippen LogP) is 4.44. The second kappa shape index (κ2) is 5.05. The van der Waals surface area contributed by atoms with Gasteiger partial charge in [-0.1, -0.05) is 31.1 Å². The Morgan fingerprint density at radius 2 is 1.96 bits per heavy atom. The molecule has 0 aromatic rings. The van der Waals surface area contributed by atoms with Crippen molar-refractivity contribution in [3.8, 4) is 0 Å². The molecule has 0 heterocycles. The monoisotopic (exact) mass is 314 g/mol. The molecule has 4 aliphatic carbocycles. The zero-order valence-electron chi connectivity index (χ0n) is 14.8. The molecule has 0 aromatic carbocycles. The van der Waals surface area contributed by atoms with Crippen molar-refractivity contribution < 1.29 is 9.90 Å². The summed E-state index contributed by atoms with van der Waals surface area (Å²) in [5.74, 6) is 2.17. The van der Waals surface area contributed by atoms with Gasteiger partial charge in [-0.2, -0.15) is 0 Å². The van der Waals surface area contributed by atoms with Gasteiger partial charge in [-0.05, 0) is 74.7 Å². The summed E-state index contributed by atoms with van der Waals surface area (Å²) in [5, 5.41) is 10.8. The van der Waals surface area contributed by atoms with E-state index in [0.717, 1.165) is 18.3 Å². The molecule has 1 unspecified atom stereocenters. The molecule has 0 bridgehead atoms. The van der Waals surface area contributed by atoms with Crippen LogP contribution in [0.4, 0.5) is 0 Å². The van der Waals surface area contributed by atoms with Crippen LogP contribution in [0, 0.1) is 28.6 Å². The van der Waals surface area contributed by atoms with Crippen LogP contribution >= 0.6 is 0 Å². The van der Waals surface area contributed by atoms with Crippen molar-refractivity contribution in [2.24, 2.45) is 28.6 Å². The third-order valence-corrected chi connectivity index (χ3v) is 8.26. The van der Waals surface area contributed by atoms with Gasteiger partial charge in [0.1, 0.15) is 0 Å². The Bertz CT molecular complexity index is 601. The number of hydrogen-bond acceptors (Lipinski definition) is 2. The normalized spacial score (nSPS) is 51.0. The Kier molecular flexibility index (Phi) is 3.43. The van der Waals surface area contributed by atoms with Gasteiger partial charge in [0.25, 0.3) is 0 Å². The molecule has 6 atom stereocenters. The van der Waals surface area contributed by atoms with E-state index in [1.54, 1.807) is 5.57 Å². The number of aliphatic hydroxyl groups excluding tert-OH is 1. The van der Waals surface area contributed by atoms with Crippen molar-refractivity contribution in [3.63, 3.8) is 0 Å². The van der Waals surface area contributed by atoms with E-state index >= 15 is 0 Å². The minimum atomic E-state index is -0.477. The highest BCUT2D eigenvalue weighted by Gasteiger charge is 2.59. The molecule has 0 amide bonds. The smallest absolute Gasteiger partial charge is 0.158 e. The molecule has 4 rings (SSSR count). The molecule has 0 aromatic heterocycles. The first kappa shape index (κ1) is 15.6. The van der Waals surface area contributed by atoms with Gasteiger partial charge in [-0.25, -0.2) is 0 Å². The van der Waals surface area contributed by atoms with Crippen LogP contribution in [0.3, 0.4) is 0 Å². The van der Waals surface area contributed by atoms with E-state index in [9.17, 15) is 9.90 Å². The average Bonchev–Trinajstić information content (AvgIpc) is 2.85. The molecule has 2 heteroatoms. The van der Waals surface area contributed by atoms with Crippen LogP contribution in [0.5, 0.6) is 0 Å². The van der Waals surface area contributed by atoms with Crippen LogP contribution in [0.1, 0.15) is 65.7 Å². The van der Waals surface area contributed by atoms with E-state index in [1.807, 2.05) is 6.08 Å².